The molecule has 0 aromatic rings. The fourth-order valence-corrected chi connectivity index (χ4v) is 1.53. The second kappa shape index (κ2) is 4.48. The van der Waals surface area contributed by atoms with Gasteiger partial charge in [-0.15, -0.1) is 0 Å². The molecule has 5 heteroatoms. The molecule has 0 aliphatic carbocycles. The monoisotopic (exact) mass is 177 g/mol. The fraction of sp³-hybridized carbons (Fsp3) is 0.833. The van der Waals surface area contributed by atoms with E-state index in [1.807, 2.05) is 0 Å². The summed E-state index contributed by atoms with van der Waals surface area (Å²) in [6.07, 6.45) is 0.634. The maximum atomic E-state index is 10.3. The van der Waals surface area contributed by atoms with Crippen molar-refractivity contribution >= 4 is 14.5 Å². The normalized spacial score (nSPS) is 11.3. The molecule has 0 aliphatic rings. The molecule has 1 amide bonds. The lowest BCUT2D eigenvalue weighted by Gasteiger charge is -2.10. The van der Waals surface area contributed by atoms with Crippen molar-refractivity contribution in [3.05, 3.63) is 0 Å². The standard InChI is InChI=1S/C6H15NO3Si/c1-6(8)7-4-3-5-11(2,9)10/h9-10H,3-5H2,1-2H3,(H,7,8). The van der Waals surface area contributed by atoms with Gasteiger partial charge in [0.2, 0.25) is 5.91 Å². The van der Waals surface area contributed by atoms with Crippen molar-refractivity contribution < 1.29 is 14.4 Å². The summed E-state index contributed by atoms with van der Waals surface area (Å²) < 4.78 is 0. The van der Waals surface area contributed by atoms with Crippen LogP contribution in [0.3, 0.4) is 0 Å². The zero-order chi connectivity index (χ0) is 8.91. The first-order chi connectivity index (χ1) is 4.92. The quantitative estimate of drug-likeness (QED) is 0.403. The van der Waals surface area contributed by atoms with Crippen LogP contribution in [0.15, 0.2) is 0 Å². The summed E-state index contributed by atoms with van der Waals surface area (Å²) in [5, 5.41) is 2.58. The fourth-order valence-electron chi connectivity index (χ4n) is 0.688. The van der Waals surface area contributed by atoms with Crippen molar-refractivity contribution in [2.24, 2.45) is 0 Å². The van der Waals surface area contributed by atoms with Gasteiger partial charge >= 0.3 is 8.56 Å². The van der Waals surface area contributed by atoms with Crippen LogP contribution >= 0.6 is 0 Å². The maximum absolute atomic E-state index is 10.3. The Kier molecular flexibility index (Phi) is 4.32. The number of amides is 1. The van der Waals surface area contributed by atoms with Gasteiger partial charge in [0.25, 0.3) is 0 Å². The van der Waals surface area contributed by atoms with E-state index >= 15 is 0 Å². The molecular weight excluding hydrogens is 162 g/mol. The highest BCUT2D eigenvalue weighted by Crippen LogP contribution is 2.02. The van der Waals surface area contributed by atoms with Gasteiger partial charge in [-0.05, 0) is 19.0 Å². The Morgan fingerprint density at radius 1 is 1.55 bits per heavy atom. The number of hydrogen-bond acceptors (Lipinski definition) is 3. The lowest BCUT2D eigenvalue weighted by Crippen LogP contribution is -2.31. The topological polar surface area (TPSA) is 69.6 Å². The Morgan fingerprint density at radius 3 is 2.45 bits per heavy atom. The largest absolute Gasteiger partial charge is 0.411 e. The van der Waals surface area contributed by atoms with Gasteiger partial charge in [0.05, 0.1) is 0 Å². The van der Waals surface area contributed by atoms with E-state index in [0.29, 0.717) is 19.0 Å². The second-order valence-electron chi connectivity index (χ2n) is 2.80. The van der Waals surface area contributed by atoms with E-state index < -0.39 is 8.56 Å². The molecule has 0 spiro atoms. The molecule has 0 aromatic carbocycles. The molecule has 0 aliphatic heterocycles. The van der Waals surface area contributed by atoms with Crippen LogP contribution in [0.1, 0.15) is 13.3 Å². The van der Waals surface area contributed by atoms with Gasteiger partial charge in [-0.1, -0.05) is 0 Å². The molecule has 0 heterocycles. The van der Waals surface area contributed by atoms with Crippen molar-refractivity contribution in [3.63, 3.8) is 0 Å². The summed E-state index contributed by atoms with van der Waals surface area (Å²) in [4.78, 5) is 28.3. The summed E-state index contributed by atoms with van der Waals surface area (Å²) in [5.74, 6) is -0.0794. The average Bonchev–Trinajstić information content (AvgIpc) is 1.78. The van der Waals surface area contributed by atoms with Gasteiger partial charge in [-0.25, -0.2) is 0 Å². The van der Waals surface area contributed by atoms with Crippen LogP contribution in [0.5, 0.6) is 0 Å². The molecule has 0 fully saturated rings. The molecule has 4 nitrogen and oxygen atoms in total. The SMILES string of the molecule is CC(=O)NCCC[Si](C)(O)O. The van der Waals surface area contributed by atoms with E-state index in [9.17, 15) is 4.79 Å². The van der Waals surface area contributed by atoms with Gasteiger partial charge in [0, 0.05) is 13.5 Å². The van der Waals surface area contributed by atoms with Crippen molar-refractivity contribution in [1.82, 2.24) is 5.32 Å². The molecule has 66 valence electrons. The lowest BCUT2D eigenvalue weighted by atomic mass is 10.5. The maximum Gasteiger partial charge on any atom is 0.329 e. The molecule has 0 aromatic heterocycles. The molecule has 0 unspecified atom stereocenters. The Balaban J connectivity index is 3.22. The molecule has 11 heavy (non-hydrogen) atoms. The molecule has 0 atom stereocenters. The highest BCUT2D eigenvalue weighted by atomic mass is 28.4. The van der Waals surface area contributed by atoms with Crippen LogP contribution in [0.2, 0.25) is 12.6 Å². The summed E-state index contributed by atoms with van der Waals surface area (Å²) in [6, 6.07) is 0.410. The van der Waals surface area contributed by atoms with Crippen LogP contribution in [-0.2, 0) is 4.79 Å². The zero-order valence-electron chi connectivity index (χ0n) is 6.92. The molecule has 0 saturated heterocycles. The molecule has 0 bridgehead atoms. The van der Waals surface area contributed by atoms with Crippen LogP contribution < -0.4 is 5.32 Å². The first kappa shape index (κ1) is 10.6. The van der Waals surface area contributed by atoms with Gasteiger partial charge < -0.3 is 14.9 Å². The summed E-state index contributed by atoms with van der Waals surface area (Å²) in [5.41, 5.74) is 0. The smallest absolute Gasteiger partial charge is 0.329 e. The Hall–Kier alpha value is -0.393. The van der Waals surface area contributed by atoms with Crippen LogP contribution in [0.4, 0.5) is 0 Å². The van der Waals surface area contributed by atoms with Gasteiger partial charge in [-0.3, -0.25) is 4.79 Å². The third-order valence-corrected chi connectivity index (χ3v) is 2.50. The van der Waals surface area contributed by atoms with Crippen molar-refractivity contribution in [2.45, 2.75) is 25.9 Å². The molecule has 0 radical (unpaired) electrons. The Labute approximate surface area is 67.5 Å². The number of hydrogen-bond donors (Lipinski definition) is 3. The van der Waals surface area contributed by atoms with E-state index in [1.54, 1.807) is 0 Å². The van der Waals surface area contributed by atoms with Crippen LogP contribution in [0.25, 0.3) is 0 Å². The number of rotatable bonds is 4. The summed E-state index contributed by atoms with van der Waals surface area (Å²) >= 11 is 0. The average molecular weight is 177 g/mol. The zero-order valence-corrected chi connectivity index (χ0v) is 7.92. The molecular formula is C6H15NO3Si. The summed E-state index contributed by atoms with van der Waals surface area (Å²) in [7, 11) is -2.88. The number of nitrogens with one attached hydrogen (secondary N) is 1. The van der Waals surface area contributed by atoms with Gasteiger partial charge in [0.1, 0.15) is 0 Å². The molecule has 0 saturated carbocycles. The second-order valence-corrected chi connectivity index (χ2v) is 5.74. The van der Waals surface area contributed by atoms with E-state index in [0.717, 1.165) is 0 Å². The van der Waals surface area contributed by atoms with Crippen molar-refractivity contribution in [3.8, 4) is 0 Å². The first-order valence-corrected chi connectivity index (χ1v) is 6.21. The van der Waals surface area contributed by atoms with Crippen molar-refractivity contribution in [1.29, 1.82) is 0 Å². The third kappa shape index (κ3) is 9.61. The van der Waals surface area contributed by atoms with E-state index in [1.165, 1.54) is 13.5 Å². The minimum absolute atomic E-state index is 0.0794. The lowest BCUT2D eigenvalue weighted by molar-refractivity contribution is -0.118. The van der Waals surface area contributed by atoms with Gasteiger partial charge in [0.15, 0.2) is 0 Å². The number of carbonyl (C=O) groups excluding carboxylic acids is 1. The van der Waals surface area contributed by atoms with Crippen LogP contribution in [0, 0.1) is 0 Å². The predicted molar refractivity (Wildman–Crippen MR) is 44.2 cm³/mol. The Morgan fingerprint density at radius 2 is 2.09 bits per heavy atom. The van der Waals surface area contributed by atoms with E-state index in [-0.39, 0.29) is 5.91 Å². The number of carbonyl (C=O) groups is 1. The van der Waals surface area contributed by atoms with Gasteiger partial charge in [-0.2, -0.15) is 0 Å². The molecule has 3 N–H and O–H groups in total. The highest BCUT2D eigenvalue weighted by Gasteiger charge is 2.19. The predicted octanol–water partition coefficient (Wildman–Crippen LogP) is -0.431. The minimum atomic E-state index is -2.88. The van der Waals surface area contributed by atoms with E-state index in [4.69, 9.17) is 9.59 Å². The first-order valence-electron chi connectivity index (χ1n) is 3.61. The summed E-state index contributed by atoms with van der Waals surface area (Å²) in [6.45, 7) is 3.42. The molecule has 0 rings (SSSR count). The highest BCUT2D eigenvalue weighted by molar-refractivity contribution is 6.63. The third-order valence-electron chi connectivity index (χ3n) is 1.20. The van der Waals surface area contributed by atoms with E-state index in [2.05, 4.69) is 5.32 Å². The minimum Gasteiger partial charge on any atom is -0.411 e. The Bertz CT molecular complexity index is 132. The van der Waals surface area contributed by atoms with Crippen molar-refractivity contribution in [2.75, 3.05) is 6.54 Å². The van der Waals surface area contributed by atoms with Crippen LogP contribution in [-0.4, -0.2) is 30.6 Å².